The summed E-state index contributed by atoms with van der Waals surface area (Å²) in [5.74, 6) is 1.31. The van der Waals surface area contributed by atoms with Crippen LogP contribution in [0.25, 0.3) is 10.9 Å². The SMILES string of the molecule is CCCN(C(=O)Nc1ccc2[nH]cc(C3CCN(CC(C)C)CC3)c2c1)C(C)C. The number of nitrogens with zero attached hydrogens (tertiary/aromatic N) is 2. The second-order valence-electron chi connectivity index (χ2n) is 9.19. The first-order valence-corrected chi connectivity index (χ1v) is 11.3. The van der Waals surface area contributed by atoms with Crippen molar-refractivity contribution < 1.29 is 4.79 Å². The van der Waals surface area contributed by atoms with E-state index >= 15 is 0 Å². The van der Waals surface area contributed by atoms with Gasteiger partial charge in [0.2, 0.25) is 0 Å². The normalized spacial score (nSPS) is 16.1. The molecule has 2 heterocycles. The molecule has 1 saturated heterocycles. The molecule has 2 N–H and O–H groups in total. The highest BCUT2D eigenvalue weighted by atomic mass is 16.2. The van der Waals surface area contributed by atoms with E-state index in [0.29, 0.717) is 5.92 Å². The highest BCUT2D eigenvalue weighted by Gasteiger charge is 2.23. The van der Waals surface area contributed by atoms with E-state index in [-0.39, 0.29) is 12.1 Å². The smallest absolute Gasteiger partial charge is 0.322 e. The number of H-pyrrole nitrogens is 1. The molecule has 1 aliphatic rings. The molecule has 5 heteroatoms. The van der Waals surface area contributed by atoms with E-state index in [2.05, 4.69) is 68.1 Å². The maximum Gasteiger partial charge on any atom is 0.322 e. The summed E-state index contributed by atoms with van der Waals surface area (Å²) in [5.41, 5.74) is 3.42. The predicted molar refractivity (Wildman–Crippen MR) is 123 cm³/mol. The van der Waals surface area contributed by atoms with Crippen molar-refractivity contribution in [2.24, 2.45) is 5.92 Å². The predicted octanol–water partition coefficient (Wildman–Crippen LogP) is 5.66. The van der Waals surface area contributed by atoms with E-state index < -0.39 is 0 Å². The van der Waals surface area contributed by atoms with Gasteiger partial charge in [0.15, 0.2) is 0 Å². The van der Waals surface area contributed by atoms with Gasteiger partial charge in [-0.15, -0.1) is 0 Å². The highest BCUT2D eigenvalue weighted by molar-refractivity contribution is 5.94. The molecule has 1 aliphatic heterocycles. The Hall–Kier alpha value is -2.01. The lowest BCUT2D eigenvalue weighted by atomic mass is 9.89. The van der Waals surface area contributed by atoms with E-state index in [1.165, 1.54) is 43.4 Å². The van der Waals surface area contributed by atoms with Crippen LogP contribution in [0.5, 0.6) is 0 Å². The van der Waals surface area contributed by atoms with Gasteiger partial charge < -0.3 is 20.1 Å². The van der Waals surface area contributed by atoms with E-state index in [4.69, 9.17) is 0 Å². The van der Waals surface area contributed by atoms with Crippen LogP contribution in [0.15, 0.2) is 24.4 Å². The first-order chi connectivity index (χ1) is 13.9. The average molecular weight is 399 g/mol. The molecule has 0 saturated carbocycles. The third-order valence-electron chi connectivity index (χ3n) is 5.96. The fraction of sp³-hybridized carbons (Fsp3) is 0.625. The van der Waals surface area contributed by atoms with Crippen molar-refractivity contribution in [2.45, 2.75) is 65.8 Å². The molecule has 1 aromatic carbocycles. The maximum absolute atomic E-state index is 12.7. The van der Waals surface area contributed by atoms with Crippen molar-refractivity contribution in [3.05, 3.63) is 30.0 Å². The van der Waals surface area contributed by atoms with Gasteiger partial charge >= 0.3 is 6.03 Å². The number of urea groups is 1. The van der Waals surface area contributed by atoms with E-state index in [1.807, 2.05) is 11.0 Å². The van der Waals surface area contributed by atoms with Crippen molar-refractivity contribution >= 4 is 22.6 Å². The first kappa shape index (κ1) is 21.7. The van der Waals surface area contributed by atoms with Crippen molar-refractivity contribution in [2.75, 3.05) is 31.5 Å². The van der Waals surface area contributed by atoms with Gasteiger partial charge in [0, 0.05) is 41.9 Å². The van der Waals surface area contributed by atoms with E-state index in [1.54, 1.807) is 0 Å². The molecule has 0 unspecified atom stereocenters. The van der Waals surface area contributed by atoms with Crippen LogP contribution in [0.2, 0.25) is 0 Å². The topological polar surface area (TPSA) is 51.4 Å². The van der Waals surface area contributed by atoms with E-state index in [9.17, 15) is 4.79 Å². The summed E-state index contributed by atoms with van der Waals surface area (Å²) in [6.07, 6.45) is 5.54. The number of amides is 2. The highest BCUT2D eigenvalue weighted by Crippen LogP contribution is 2.34. The van der Waals surface area contributed by atoms with Gasteiger partial charge in [-0.1, -0.05) is 20.8 Å². The summed E-state index contributed by atoms with van der Waals surface area (Å²) in [5, 5.41) is 4.36. The first-order valence-electron chi connectivity index (χ1n) is 11.3. The fourth-order valence-electron chi connectivity index (χ4n) is 4.53. The summed E-state index contributed by atoms with van der Waals surface area (Å²) in [6.45, 7) is 15.1. The van der Waals surface area contributed by atoms with Gasteiger partial charge in [-0.2, -0.15) is 0 Å². The molecule has 5 nitrogen and oxygen atoms in total. The van der Waals surface area contributed by atoms with Gasteiger partial charge in [-0.25, -0.2) is 4.79 Å². The molecule has 2 aromatic rings. The van der Waals surface area contributed by atoms with Crippen molar-refractivity contribution in [3.8, 4) is 0 Å². The minimum absolute atomic E-state index is 0.0136. The number of aromatic nitrogens is 1. The van der Waals surface area contributed by atoms with Crippen LogP contribution in [0.1, 0.15) is 65.4 Å². The van der Waals surface area contributed by atoms with Gasteiger partial charge in [-0.3, -0.25) is 0 Å². The number of nitrogens with one attached hydrogen (secondary N) is 2. The van der Waals surface area contributed by atoms with Crippen LogP contribution >= 0.6 is 0 Å². The van der Waals surface area contributed by atoms with Gasteiger partial charge in [0.25, 0.3) is 0 Å². The molecule has 2 amide bonds. The molecule has 3 rings (SSSR count). The second-order valence-corrected chi connectivity index (χ2v) is 9.19. The lowest BCUT2D eigenvalue weighted by Gasteiger charge is -2.33. The number of carbonyl (C=O) groups excluding carboxylic acids is 1. The third-order valence-corrected chi connectivity index (χ3v) is 5.96. The molecule has 160 valence electrons. The summed E-state index contributed by atoms with van der Waals surface area (Å²) >= 11 is 0. The summed E-state index contributed by atoms with van der Waals surface area (Å²) in [4.78, 5) is 20.7. The molecule has 29 heavy (non-hydrogen) atoms. The zero-order valence-corrected chi connectivity index (χ0v) is 18.8. The number of piperidine rings is 1. The Morgan fingerprint density at radius 3 is 2.59 bits per heavy atom. The molecule has 1 fully saturated rings. The Labute approximate surface area is 175 Å². The molecule has 0 bridgehead atoms. The summed E-state index contributed by atoms with van der Waals surface area (Å²) < 4.78 is 0. The van der Waals surface area contributed by atoms with Crippen LogP contribution in [-0.2, 0) is 0 Å². The molecule has 0 spiro atoms. The molecular formula is C24H38N4O. The second kappa shape index (κ2) is 9.66. The minimum Gasteiger partial charge on any atom is -0.361 e. The maximum atomic E-state index is 12.7. The van der Waals surface area contributed by atoms with Crippen LogP contribution in [0, 0.1) is 5.92 Å². The zero-order chi connectivity index (χ0) is 21.0. The lowest BCUT2D eigenvalue weighted by molar-refractivity contribution is 0.192. The number of benzene rings is 1. The number of fused-ring (bicyclic) bond motifs is 1. The lowest BCUT2D eigenvalue weighted by Crippen LogP contribution is -2.40. The Balaban J connectivity index is 1.73. The van der Waals surface area contributed by atoms with Crippen LogP contribution < -0.4 is 5.32 Å². The van der Waals surface area contributed by atoms with E-state index in [0.717, 1.165) is 30.1 Å². The Morgan fingerprint density at radius 1 is 1.24 bits per heavy atom. The Kier molecular flexibility index (Phi) is 7.23. The quantitative estimate of drug-likeness (QED) is 0.633. The minimum atomic E-state index is -0.0136. The largest absolute Gasteiger partial charge is 0.361 e. The van der Waals surface area contributed by atoms with Crippen molar-refractivity contribution in [1.82, 2.24) is 14.8 Å². The summed E-state index contributed by atoms with van der Waals surface area (Å²) in [6, 6.07) is 6.40. The number of anilines is 1. The molecular weight excluding hydrogens is 360 g/mol. The number of likely N-dealkylation sites (tertiary alicyclic amines) is 1. The van der Waals surface area contributed by atoms with Gasteiger partial charge in [-0.05, 0) is 81.8 Å². The number of rotatable bonds is 7. The van der Waals surface area contributed by atoms with Crippen LogP contribution in [0.4, 0.5) is 10.5 Å². The van der Waals surface area contributed by atoms with Gasteiger partial charge in [0.1, 0.15) is 0 Å². The summed E-state index contributed by atoms with van der Waals surface area (Å²) in [7, 11) is 0. The van der Waals surface area contributed by atoms with Crippen molar-refractivity contribution in [1.29, 1.82) is 0 Å². The number of carbonyl (C=O) groups is 1. The van der Waals surface area contributed by atoms with Gasteiger partial charge in [0.05, 0.1) is 0 Å². The Morgan fingerprint density at radius 2 is 1.97 bits per heavy atom. The zero-order valence-electron chi connectivity index (χ0n) is 18.8. The standard InChI is InChI=1S/C24H38N4O/c1-6-11-28(18(4)5)24(29)26-20-7-8-23-21(14-20)22(15-25-23)19-9-12-27(13-10-19)16-17(2)3/h7-8,14-15,17-19,25H,6,9-13,16H2,1-5H3,(H,26,29). The number of hydrogen-bond donors (Lipinski definition) is 2. The van der Waals surface area contributed by atoms with Crippen LogP contribution in [0.3, 0.4) is 0 Å². The van der Waals surface area contributed by atoms with Crippen LogP contribution in [-0.4, -0.2) is 53.0 Å². The molecule has 1 aromatic heterocycles. The third kappa shape index (κ3) is 5.33. The average Bonchev–Trinajstić information content (AvgIpc) is 3.09. The number of hydrogen-bond acceptors (Lipinski definition) is 2. The Bertz CT molecular complexity index is 802. The fourth-order valence-corrected chi connectivity index (χ4v) is 4.53. The molecule has 0 atom stereocenters. The monoisotopic (exact) mass is 398 g/mol. The molecule has 0 radical (unpaired) electrons. The number of aromatic amines is 1. The molecule has 0 aliphatic carbocycles. The van der Waals surface area contributed by atoms with Crippen molar-refractivity contribution in [3.63, 3.8) is 0 Å².